The number of hydrogen-bond acceptors (Lipinski definition) is 8. The van der Waals surface area contributed by atoms with Gasteiger partial charge in [-0.15, -0.1) is 11.3 Å². The number of thiazole rings is 1. The lowest BCUT2D eigenvalue weighted by Crippen LogP contribution is -2.15. The number of rotatable bonds is 9. The number of nitrogens with zero attached hydrogens (tertiary/aromatic N) is 2. The first-order valence-corrected chi connectivity index (χ1v) is 9.66. The van der Waals surface area contributed by atoms with E-state index >= 15 is 0 Å². The number of benzene rings is 1. The van der Waals surface area contributed by atoms with Crippen molar-refractivity contribution in [3.63, 3.8) is 0 Å². The first-order chi connectivity index (χ1) is 12.5. The number of aromatic nitrogens is 1. The van der Waals surface area contributed by atoms with Crippen LogP contribution in [0.2, 0.25) is 0 Å². The Hall–Kier alpha value is -2.13. The van der Waals surface area contributed by atoms with E-state index in [2.05, 4.69) is 31.4 Å². The van der Waals surface area contributed by atoms with Crippen LogP contribution in [0.4, 0.5) is 5.13 Å². The number of halogens is 1. The molecule has 1 aromatic carbocycles. The Morgan fingerprint density at radius 1 is 1.35 bits per heavy atom. The highest BCUT2D eigenvalue weighted by Crippen LogP contribution is 2.36. The normalized spacial score (nSPS) is 10.8. The molecule has 0 unspecified atom stereocenters. The highest BCUT2D eigenvalue weighted by molar-refractivity contribution is 9.10. The topological polar surface area (TPSA) is 82.0 Å². The average Bonchev–Trinajstić information content (AvgIpc) is 3.00. The zero-order valence-electron chi connectivity index (χ0n) is 14.7. The molecule has 0 atom stereocenters. The number of ether oxygens (including phenoxy) is 3. The van der Waals surface area contributed by atoms with Crippen LogP contribution >= 0.6 is 27.3 Å². The molecule has 1 aromatic heterocycles. The van der Waals surface area contributed by atoms with Crippen LogP contribution in [-0.4, -0.2) is 37.0 Å². The number of hydrogen-bond donors (Lipinski definition) is 1. The van der Waals surface area contributed by atoms with E-state index in [-0.39, 0.29) is 6.61 Å². The summed E-state index contributed by atoms with van der Waals surface area (Å²) in [6, 6.07) is 3.61. The Balaban J connectivity index is 2.12. The molecule has 0 aliphatic rings. The minimum Gasteiger partial charge on any atom is -0.490 e. The monoisotopic (exact) mass is 441 g/mol. The van der Waals surface area contributed by atoms with Gasteiger partial charge in [0.25, 0.3) is 0 Å². The summed E-state index contributed by atoms with van der Waals surface area (Å²) in [4.78, 5) is 15.8. The summed E-state index contributed by atoms with van der Waals surface area (Å²) in [5.74, 6) is 0.522. The predicted octanol–water partition coefficient (Wildman–Crippen LogP) is 4.00. The van der Waals surface area contributed by atoms with Crippen molar-refractivity contribution >= 4 is 44.6 Å². The molecular weight excluding hydrogens is 422 g/mol. The summed E-state index contributed by atoms with van der Waals surface area (Å²) in [6.07, 6.45) is 1.65. The lowest BCUT2D eigenvalue weighted by molar-refractivity contribution is -0.145. The third kappa shape index (κ3) is 5.99. The van der Waals surface area contributed by atoms with E-state index in [1.54, 1.807) is 19.2 Å². The number of esters is 1. The molecule has 0 radical (unpaired) electrons. The van der Waals surface area contributed by atoms with Crippen LogP contribution < -0.4 is 14.9 Å². The van der Waals surface area contributed by atoms with Gasteiger partial charge in [0.15, 0.2) is 18.1 Å². The number of aryl methyl sites for hydroxylation is 1. The Morgan fingerprint density at radius 2 is 2.15 bits per heavy atom. The molecule has 140 valence electrons. The van der Waals surface area contributed by atoms with E-state index < -0.39 is 5.97 Å². The van der Waals surface area contributed by atoms with Gasteiger partial charge in [-0.05, 0) is 54.4 Å². The number of anilines is 1. The van der Waals surface area contributed by atoms with E-state index in [0.29, 0.717) is 29.2 Å². The van der Waals surface area contributed by atoms with Crippen LogP contribution in [0.1, 0.15) is 25.1 Å². The van der Waals surface area contributed by atoms with Crippen molar-refractivity contribution in [2.45, 2.75) is 20.8 Å². The fourth-order valence-electron chi connectivity index (χ4n) is 1.97. The van der Waals surface area contributed by atoms with E-state index in [1.807, 2.05) is 25.3 Å². The molecule has 0 fully saturated rings. The zero-order chi connectivity index (χ0) is 18.9. The number of hydrazone groups is 1. The predicted molar refractivity (Wildman–Crippen MR) is 106 cm³/mol. The maximum Gasteiger partial charge on any atom is 0.344 e. The fourth-order valence-corrected chi connectivity index (χ4v) is 3.18. The lowest BCUT2D eigenvalue weighted by atomic mass is 10.2. The highest BCUT2D eigenvalue weighted by Gasteiger charge is 2.14. The molecule has 9 heteroatoms. The summed E-state index contributed by atoms with van der Waals surface area (Å²) < 4.78 is 16.7. The second-order valence-corrected chi connectivity index (χ2v) is 6.73. The maximum atomic E-state index is 11.5. The quantitative estimate of drug-likeness (QED) is 0.359. The third-order valence-electron chi connectivity index (χ3n) is 2.96. The van der Waals surface area contributed by atoms with Crippen molar-refractivity contribution in [2.75, 3.05) is 25.2 Å². The van der Waals surface area contributed by atoms with Crippen LogP contribution in [0, 0.1) is 6.92 Å². The van der Waals surface area contributed by atoms with E-state index in [4.69, 9.17) is 14.2 Å². The van der Waals surface area contributed by atoms with Gasteiger partial charge < -0.3 is 14.2 Å². The molecule has 1 heterocycles. The molecule has 0 bridgehead atoms. The van der Waals surface area contributed by atoms with Gasteiger partial charge in [0.2, 0.25) is 5.13 Å². The van der Waals surface area contributed by atoms with Crippen LogP contribution in [0.5, 0.6) is 11.5 Å². The Bertz CT molecular complexity index is 779. The van der Waals surface area contributed by atoms with Crippen molar-refractivity contribution in [1.82, 2.24) is 4.98 Å². The minimum absolute atomic E-state index is 0.190. The lowest BCUT2D eigenvalue weighted by Gasteiger charge is -2.14. The molecule has 0 amide bonds. The molecule has 26 heavy (non-hydrogen) atoms. The average molecular weight is 442 g/mol. The van der Waals surface area contributed by atoms with Gasteiger partial charge in [-0.2, -0.15) is 5.10 Å². The van der Waals surface area contributed by atoms with Gasteiger partial charge in [0.1, 0.15) is 0 Å². The number of nitrogens with one attached hydrogen (secondary N) is 1. The second-order valence-electron chi connectivity index (χ2n) is 5.02. The Kier molecular flexibility index (Phi) is 7.86. The van der Waals surface area contributed by atoms with Gasteiger partial charge in [-0.25, -0.2) is 9.78 Å². The molecule has 1 N–H and O–H groups in total. The zero-order valence-corrected chi connectivity index (χ0v) is 17.1. The molecule has 0 saturated carbocycles. The maximum absolute atomic E-state index is 11.5. The summed E-state index contributed by atoms with van der Waals surface area (Å²) >= 11 is 4.93. The van der Waals surface area contributed by atoms with Gasteiger partial charge in [0, 0.05) is 5.38 Å². The number of carbonyl (C=O) groups excluding carboxylic acids is 1. The first-order valence-electron chi connectivity index (χ1n) is 7.99. The van der Waals surface area contributed by atoms with E-state index in [0.717, 1.165) is 16.4 Å². The Labute approximate surface area is 164 Å². The Morgan fingerprint density at radius 3 is 2.81 bits per heavy atom. The molecule has 2 aromatic rings. The summed E-state index contributed by atoms with van der Waals surface area (Å²) in [5.41, 5.74) is 4.62. The van der Waals surface area contributed by atoms with Crippen molar-refractivity contribution in [1.29, 1.82) is 0 Å². The first kappa shape index (κ1) is 20.2. The van der Waals surface area contributed by atoms with Gasteiger partial charge in [-0.1, -0.05) is 0 Å². The molecule has 7 nitrogen and oxygen atoms in total. The van der Waals surface area contributed by atoms with Crippen molar-refractivity contribution in [3.05, 3.63) is 33.2 Å². The van der Waals surface area contributed by atoms with Gasteiger partial charge in [-0.3, -0.25) is 5.43 Å². The van der Waals surface area contributed by atoms with Crippen molar-refractivity contribution < 1.29 is 19.0 Å². The third-order valence-corrected chi connectivity index (χ3v) is 4.42. The van der Waals surface area contributed by atoms with Crippen molar-refractivity contribution in [3.8, 4) is 11.5 Å². The summed E-state index contributed by atoms with van der Waals surface area (Å²) in [7, 11) is 0. The molecule has 0 aliphatic carbocycles. The summed E-state index contributed by atoms with van der Waals surface area (Å²) in [6.45, 7) is 6.11. The molecule has 2 rings (SSSR count). The summed E-state index contributed by atoms with van der Waals surface area (Å²) in [5, 5.41) is 6.84. The van der Waals surface area contributed by atoms with Gasteiger partial charge >= 0.3 is 5.97 Å². The van der Waals surface area contributed by atoms with Crippen LogP contribution in [0.25, 0.3) is 0 Å². The molecule has 0 saturated heterocycles. The second kappa shape index (κ2) is 10.1. The molecule has 0 spiro atoms. The van der Waals surface area contributed by atoms with Gasteiger partial charge in [0.05, 0.1) is 29.6 Å². The molecular formula is C17H20BrN3O4S. The van der Waals surface area contributed by atoms with Crippen molar-refractivity contribution in [2.24, 2.45) is 5.10 Å². The molecule has 0 aliphatic heterocycles. The van der Waals surface area contributed by atoms with E-state index in [9.17, 15) is 4.79 Å². The highest BCUT2D eigenvalue weighted by atomic mass is 79.9. The largest absolute Gasteiger partial charge is 0.490 e. The standard InChI is InChI=1S/C17H20BrN3O4S/c1-4-23-14-7-12(8-19-21-17-20-11(3)10-26-17)6-13(18)16(14)25-9-15(22)24-5-2/h6-8,10H,4-5,9H2,1-3H3,(H,20,21). The minimum atomic E-state index is -0.435. The van der Waals surface area contributed by atoms with Crippen LogP contribution in [0.3, 0.4) is 0 Å². The fraction of sp³-hybridized carbons (Fsp3) is 0.353. The van der Waals surface area contributed by atoms with Crippen LogP contribution in [0.15, 0.2) is 27.1 Å². The smallest absolute Gasteiger partial charge is 0.344 e. The SMILES string of the molecule is CCOC(=O)COc1c(Br)cc(C=NNc2nc(C)cs2)cc1OCC. The number of carbonyl (C=O) groups is 1. The van der Waals surface area contributed by atoms with Crippen LogP contribution in [-0.2, 0) is 9.53 Å². The van der Waals surface area contributed by atoms with E-state index in [1.165, 1.54) is 11.3 Å².